The van der Waals surface area contributed by atoms with E-state index in [1.54, 1.807) is 0 Å². The number of anilines is 3. The van der Waals surface area contributed by atoms with Crippen molar-refractivity contribution in [2.45, 2.75) is 0 Å². The predicted molar refractivity (Wildman–Crippen MR) is 263 cm³/mol. The van der Waals surface area contributed by atoms with E-state index in [-0.39, 0.29) is 0 Å². The molecule has 0 N–H and O–H groups in total. The Morgan fingerprint density at radius 1 is 0.258 bits per heavy atom. The molecule has 10 aromatic carbocycles. The number of para-hydroxylation sites is 3. The molecule has 0 fully saturated rings. The first-order valence-corrected chi connectivity index (χ1v) is 21.3. The number of benzene rings is 10. The van der Waals surface area contributed by atoms with Crippen LogP contribution in [-0.4, -0.2) is 4.57 Å². The van der Waals surface area contributed by atoms with Gasteiger partial charge in [-0.2, -0.15) is 0 Å². The lowest BCUT2D eigenvalue weighted by Crippen LogP contribution is -2.11. The lowest BCUT2D eigenvalue weighted by Gasteiger charge is -2.28. The van der Waals surface area contributed by atoms with Crippen LogP contribution in [0.25, 0.3) is 83.1 Å². The molecule has 11 rings (SSSR count). The average Bonchev–Trinajstić information content (AvgIpc) is 3.69. The van der Waals surface area contributed by atoms with Gasteiger partial charge in [-0.15, -0.1) is 0 Å². The van der Waals surface area contributed by atoms with Crippen LogP contribution in [0.2, 0.25) is 0 Å². The summed E-state index contributed by atoms with van der Waals surface area (Å²) in [6, 6.07) is 92.1. The topological polar surface area (TPSA) is 8.17 Å². The van der Waals surface area contributed by atoms with Crippen molar-refractivity contribution in [3.8, 4) is 61.3 Å². The molecular formula is C60H42N2. The normalized spacial score (nSPS) is 11.2. The van der Waals surface area contributed by atoms with Crippen LogP contribution < -0.4 is 4.90 Å². The zero-order chi connectivity index (χ0) is 41.2. The van der Waals surface area contributed by atoms with Gasteiger partial charge in [0, 0.05) is 33.4 Å². The molecule has 0 spiro atoms. The molecule has 0 aliphatic carbocycles. The summed E-state index contributed by atoms with van der Waals surface area (Å²) in [5.74, 6) is 0. The van der Waals surface area contributed by atoms with E-state index in [0.717, 1.165) is 33.8 Å². The summed E-state index contributed by atoms with van der Waals surface area (Å²) in [5.41, 5.74) is 18.6. The highest BCUT2D eigenvalue weighted by Gasteiger charge is 2.22. The molecule has 0 saturated heterocycles. The van der Waals surface area contributed by atoms with Crippen LogP contribution in [0.4, 0.5) is 17.1 Å². The van der Waals surface area contributed by atoms with Gasteiger partial charge in [-0.25, -0.2) is 0 Å². The van der Waals surface area contributed by atoms with Gasteiger partial charge in [0.1, 0.15) is 0 Å². The Labute approximate surface area is 362 Å². The first-order chi connectivity index (χ1) is 30.8. The average molecular weight is 791 g/mol. The van der Waals surface area contributed by atoms with Gasteiger partial charge in [-0.1, -0.05) is 206 Å². The van der Waals surface area contributed by atoms with Gasteiger partial charge < -0.3 is 9.47 Å². The SMILES string of the molecule is c1ccc(-c2ccccc2-c2ccc(-n3c4ccccc4c4ccc(N(c5ccccc5)c5ccccc5-c5ccccc5)cc43)cc2-c2ccccc2-c2ccccc2)cc1. The first-order valence-electron chi connectivity index (χ1n) is 21.3. The van der Waals surface area contributed by atoms with Crippen LogP contribution >= 0.6 is 0 Å². The Balaban J connectivity index is 1.17. The summed E-state index contributed by atoms with van der Waals surface area (Å²) in [5, 5.41) is 2.42. The summed E-state index contributed by atoms with van der Waals surface area (Å²) in [6.45, 7) is 0. The largest absolute Gasteiger partial charge is 0.310 e. The summed E-state index contributed by atoms with van der Waals surface area (Å²) >= 11 is 0. The zero-order valence-corrected chi connectivity index (χ0v) is 34.1. The third kappa shape index (κ3) is 6.65. The van der Waals surface area contributed by atoms with Gasteiger partial charge in [-0.3, -0.25) is 0 Å². The van der Waals surface area contributed by atoms with Crippen LogP contribution in [-0.2, 0) is 0 Å². The van der Waals surface area contributed by atoms with Gasteiger partial charge in [0.25, 0.3) is 0 Å². The smallest absolute Gasteiger partial charge is 0.0561 e. The lowest BCUT2D eigenvalue weighted by molar-refractivity contribution is 1.18. The maximum absolute atomic E-state index is 2.46. The van der Waals surface area contributed by atoms with Crippen molar-refractivity contribution in [1.82, 2.24) is 4.57 Å². The van der Waals surface area contributed by atoms with Crippen LogP contribution in [0, 0.1) is 0 Å². The van der Waals surface area contributed by atoms with Crippen molar-refractivity contribution in [1.29, 1.82) is 0 Å². The number of hydrogen-bond donors (Lipinski definition) is 0. The summed E-state index contributed by atoms with van der Waals surface area (Å²) in [7, 11) is 0. The third-order valence-electron chi connectivity index (χ3n) is 12.0. The van der Waals surface area contributed by atoms with E-state index in [0.29, 0.717) is 0 Å². The van der Waals surface area contributed by atoms with Crippen LogP contribution in [0.3, 0.4) is 0 Å². The molecule has 0 radical (unpaired) electrons. The van der Waals surface area contributed by atoms with Crippen LogP contribution in [0.5, 0.6) is 0 Å². The molecule has 0 amide bonds. The molecule has 0 saturated carbocycles. The van der Waals surface area contributed by atoms with E-state index >= 15 is 0 Å². The van der Waals surface area contributed by atoms with E-state index in [9.17, 15) is 0 Å². The number of fused-ring (bicyclic) bond motifs is 3. The highest BCUT2D eigenvalue weighted by atomic mass is 15.1. The first kappa shape index (κ1) is 36.8. The van der Waals surface area contributed by atoms with E-state index < -0.39 is 0 Å². The maximum atomic E-state index is 2.46. The van der Waals surface area contributed by atoms with Crippen molar-refractivity contribution in [3.05, 3.63) is 255 Å². The minimum atomic E-state index is 1.08. The summed E-state index contributed by atoms with van der Waals surface area (Å²) in [4.78, 5) is 2.40. The summed E-state index contributed by atoms with van der Waals surface area (Å²) < 4.78 is 2.46. The Bertz CT molecular complexity index is 3330. The van der Waals surface area contributed by atoms with Crippen molar-refractivity contribution < 1.29 is 0 Å². The molecular weight excluding hydrogens is 749 g/mol. The van der Waals surface area contributed by atoms with Crippen LogP contribution in [0.1, 0.15) is 0 Å². The van der Waals surface area contributed by atoms with E-state index in [2.05, 4.69) is 264 Å². The van der Waals surface area contributed by atoms with Crippen LogP contribution in [0.15, 0.2) is 255 Å². The van der Waals surface area contributed by atoms with Crippen molar-refractivity contribution >= 4 is 38.9 Å². The molecule has 1 heterocycles. The van der Waals surface area contributed by atoms with Gasteiger partial charge in [0.15, 0.2) is 0 Å². The molecule has 0 aliphatic rings. The minimum absolute atomic E-state index is 1.08. The monoisotopic (exact) mass is 790 g/mol. The third-order valence-corrected chi connectivity index (χ3v) is 12.0. The molecule has 0 aliphatic heterocycles. The molecule has 292 valence electrons. The van der Waals surface area contributed by atoms with Gasteiger partial charge in [0.05, 0.1) is 16.7 Å². The second-order valence-corrected chi connectivity index (χ2v) is 15.7. The van der Waals surface area contributed by atoms with Gasteiger partial charge in [-0.05, 0) is 98.6 Å². The fourth-order valence-electron chi connectivity index (χ4n) is 9.21. The molecule has 0 unspecified atom stereocenters. The Kier molecular flexibility index (Phi) is 9.57. The number of hydrogen-bond acceptors (Lipinski definition) is 1. The van der Waals surface area contributed by atoms with Gasteiger partial charge >= 0.3 is 0 Å². The highest BCUT2D eigenvalue weighted by molar-refractivity contribution is 6.11. The Morgan fingerprint density at radius 3 is 1.34 bits per heavy atom. The van der Waals surface area contributed by atoms with E-state index in [1.165, 1.54) is 66.4 Å². The van der Waals surface area contributed by atoms with E-state index in [4.69, 9.17) is 0 Å². The standard InChI is InChI=1S/C60H42N2/c1-5-21-43(22-6-1)49-29-13-15-32-52(49)54-39-37-47(41-57(54)53-33-16-14-30-50(53)44-23-7-2-8-24-44)62-59-36-20-18-34-55(59)56-40-38-48(42-60(56)62)61(46-27-11-4-12-28-46)58-35-19-17-31-51(58)45-25-9-3-10-26-45/h1-42H. The second-order valence-electron chi connectivity index (χ2n) is 15.7. The number of aromatic nitrogens is 1. The predicted octanol–water partition coefficient (Wildman–Crippen LogP) is 16.6. The van der Waals surface area contributed by atoms with E-state index in [1.807, 2.05) is 0 Å². The lowest BCUT2D eigenvalue weighted by atomic mass is 9.86. The molecule has 2 heteroatoms. The molecule has 62 heavy (non-hydrogen) atoms. The molecule has 2 nitrogen and oxygen atoms in total. The fourth-order valence-corrected chi connectivity index (χ4v) is 9.21. The minimum Gasteiger partial charge on any atom is -0.310 e. The molecule has 1 aromatic heterocycles. The second kappa shape index (κ2) is 16.1. The highest BCUT2D eigenvalue weighted by Crippen LogP contribution is 2.46. The number of rotatable bonds is 9. The number of nitrogens with zero attached hydrogens (tertiary/aromatic N) is 2. The molecule has 0 atom stereocenters. The zero-order valence-electron chi connectivity index (χ0n) is 34.1. The summed E-state index contributed by atoms with van der Waals surface area (Å²) in [6.07, 6.45) is 0. The molecule has 0 bridgehead atoms. The fraction of sp³-hybridized carbons (Fsp3) is 0. The molecule has 11 aromatic rings. The van der Waals surface area contributed by atoms with Crippen molar-refractivity contribution in [2.24, 2.45) is 0 Å². The van der Waals surface area contributed by atoms with Gasteiger partial charge in [0.2, 0.25) is 0 Å². The quantitative estimate of drug-likeness (QED) is 0.141. The van der Waals surface area contributed by atoms with Crippen molar-refractivity contribution in [3.63, 3.8) is 0 Å². The van der Waals surface area contributed by atoms with Crippen molar-refractivity contribution in [2.75, 3.05) is 4.90 Å². The maximum Gasteiger partial charge on any atom is 0.0561 e. The Hall–Kier alpha value is -8.20. The Morgan fingerprint density at radius 2 is 0.710 bits per heavy atom.